The van der Waals surface area contributed by atoms with Crippen LogP contribution in [0.5, 0.6) is 5.75 Å². The predicted molar refractivity (Wildman–Crippen MR) is 87.6 cm³/mol. The summed E-state index contributed by atoms with van der Waals surface area (Å²) in [5, 5.41) is 6.05. The molecule has 1 unspecified atom stereocenters. The van der Waals surface area contributed by atoms with Crippen molar-refractivity contribution < 1.29 is 13.9 Å². The number of rotatable bonds is 4. The number of hydrogen-bond donors (Lipinski definition) is 2. The van der Waals surface area contributed by atoms with Gasteiger partial charge in [0.25, 0.3) is 5.91 Å². The van der Waals surface area contributed by atoms with Gasteiger partial charge in [-0.05, 0) is 48.7 Å². The van der Waals surface area contributed by atoms with Crippen LogP contribution in [0.2, 0.25) is 0 Å². The van der Waals surface area contributed by atoms with Crippen LogP contribution >= 0.6 is 0 Å². The Morgan fingerprint density at radius 1 is 1.26 bits per heavy atom. The smallest absolute Gasteiger partial charge is 0.258 e. The Bertz CT molecular complexity index is 695. The molecule has 2 aromatic carbocycles. The molecule has 5 heteroatoms. The van der Waals surface area contributed by atoms with Crippen molar-refractivity contribution in [2.45, 2.75) is 12.3 Å². The zero-order chi connectivity index (χ0) is 16.2. The quantitative estimate of drug-likeness (QED) is 0.911. The molecule has 0 aromatic heterocycles. The molecule has 0 spiro atoms. The SMILES string of the molecule is COc1ccc(C(=O)Nc2ccc(C3CCNC3)cc2)c(F)c1. The second-order valence-electron chi connectivity index (χ2n) is 5.61. The summed E-state index contributed by atoms with van der Waals surface area (Å²) in [6, 6.07) is 11.9. The fraction of sp³-hybridized carbons (Fsp3) is 0.278. The van der Waals surface area contributed by atoms with Gasteiger partial charge in [0.2, 0.25) is 0 Å². The molecule has 0 saturated carbocycles. The van der Waals surface area contributed by atoms with Crippen LogP contribution < -0.4 is 15.4 Å². The number of ether oxygens (including phenoxy) is 1. The molecule has 0 bridgehead atoms. The van der Waals surface area contributed by atoms with Gasteiger partial charge in [0.05, 0.1) is 12.7 Å². The van der Waals surface area contributed by atoms with Crippen molar-refractivity contribution in [1.82, 2.24) is 5.32 Å². The number of methoxy groups -OCH3 is 1. The van der Waals surface area contributed by atoms with E-state index in [-0.39, 0.29) is 5.56 Å². The van der Waals surface area contributed by atoms with Gasteiger partial charge in [0.15, 0.2) is 0 Å². The van der Waals surface area contributed by atoms with E-state index in [4.69, 9.17) is 4.74 Å². The Morgan fingerprint density at radius 2 is 2.04 bits per heavy atom. The summed E-state index contributed by atoms with van der Waals surface area (Å²) in [6.45, 7) is 2.03. The third-order valence-electron chi connectivity index (χ3n) is 4.12. The first-order valence-corrected chi connectivity index (χ1v) is 7.63. The zero-order valence-electron chi connectivity index (χ0n) is 12.9. The van der Waals surface area contributed by atoms with Gasteiger partial charge in [-0.2, -0.15) is 0 Å². The second-order valence-corrected chi connectivity index (χ2v) is 5.61. The molecule has 1 saturated heterocycles. The monoisotopic (exact) mass is 314 g/mol. The van der Waals surface area contributed by atoms with Crippen LogP contribution in [-0.2, 0) is 0 Å². The highest BCUT2D eigenvalue weighted by molar-refractivity contribution is 6.04. The predicted octanol–water partition coefficient (Wildman–Crippen LogP) is 3.16. The molecule has 1 atom stereocenters. The number of carbonyl (C=O) groups is 1. The van der Waals surface area contributed by atoms with E-state index >= 15 is 0 Å². The van der Waals surface area contributed by atoms with Gasteiger partial charge >= 0.3 is 0 Å². The van der Waals surface area contributed by atoms with Gasteiger partial charge in [0, 0.05) is 18.3 Å². The summed E-state index contributed by atoms with van der Waals surface area (Å²) in [7, 11) is 1.45. The third-order valence-corrected chi connectivity index (χ3v) is 4.12. The molecular formula is C18H19FN2O2. The van der Waals surface area contributed by atoms with Crippen molar-refractivity contribution in [2.75, 3.05) is 25.5 Å². The molecule has 0 aliphatic carbocycles. The number of amides is 1. The first-order chi connectivity index (χ1) is 11.2. The Morgan fingerprint density at radius 3 is 2.65 bits per heavy atom. The molecular weight excluding hydrogens is 295 g/mol. The molecule has 1 amide bonds. The van der Waals surface area contributed by atoms with Crippen molar-refractivity contribution in [3.63, 3.8) is 0 Å². The number of benzene rings is 2. The minimum Gasteiger partial charge on any atom is -0.497 e. The maximum absolute atomic E-state index is 13.9. The van der Waals surface area contributed by atoms with Gasteiger partial charge < -0.3 is 15.4 Å². The molecule has 2 N–H and O–H groups in total. The second kappa shape index (κ2) is 6.79. The average Bonchev–Trinajstić information content (AvgIpc) is 3.09. The Labute approximate surface area is 134 Å². The Balaban J connectivity index is 1.70. The van der Waals surface area contributed by atoms with Gasteiger partial charge in [0.1, 0.15) is 11.6 Å². The summed E-state index contributed by atoms with van der Waals surface area (Å²) in [4.78, 5) is 12.2. The fourth-order valence-electron chi connectivity index (χ4n) is 2.78. The first-order valence-electron chi connectivity index (χ1n) is 7.63. The van der Waals surface area contributed by atoms with Gasteiger partial charge in [-0.1, -0.05) is 12.1 Å². The number of hydrogen-bond acceptors (Lipinski definition) is 3. The van der Waals surface area contributed by atoms with Crippen molar-refractivity contribution in [2.24, 2.45) is 0 Å². The third kappa shape index (κ3) is 3.51. The van der Waals surface area contributed by atoms with E-state index in [1.54, 1.807) is 6.07 Å². The summed E-state index contributed by atoms with van der Waals surface area (Å²) in [5.41, 5.74) is 1.90. The fourth-order valence-corrected chi connectivity index (χ4v) is 2.78. The van der Waals surface area contributed by atoms with E-state index in [0.29, 0.717) is 17.4 Å². The van der Waals surface area contributed by atoms with Crippen LogP contribution in [0.1, 0.15) is 28.3 Å². The van der Waals surface area contributed by atoms with E-state index in [1.165, 1.54) is 24.8 Å². The summed E-state index contributed by atoms with van der Waals surface area (Å²) < 4.78 is 18.8. The lowest BCUT2D eigenvalue weighted by Crippen LogP contribution is -2.14. The number of carbonyl (C=O) groups excluding carboxylic acids is 1. The molecule has 4 nitrogen and oxygen atoms in total. The summed E-state index contributed by atoms with van der Waals surface area (Å²) in [6.07, 6.45) is 1.13. The standard InChI is InChI=1S/C18H19FN2O2/c1-23-15-6-7-16(17(19)10-15)18(22)21-14-4-2-12(3-5-14)13-8-9-20-11-13/h2-7,10,13,20H,8-9,11H2,1H3,(H,21,22). The van der Waals surface area contributed by atoms with Crippen molar-refractivity contribution >= 4 is 11.6 Å². The lowest BCUT2D eigenvalue weighted by molar-refractivity contribution is 0.102. The molecule has 1 fully saturated rings. The van der Waals surface area contributed by atoms with E-state index in [0.717, 1.165) is 19.5 Å². The largest absolute Gasteiger partial charge is 0.497 e. The van der Waals surface area contributed by atoms with Crippen LogP contribution in [-0.4, -0.2) is 26.1 Å². The van der Waals surface area contributed by atoms with E-state index in [1.807, 2.05) is 24.3 Å². The minimum absolute atomic E-state index is 0.00475. The van der Waals surface area contributed by atoms with Crippen molar-refractivity contribution in [1.29, 1.82) is 0 Å². The highest BCUT2D eigenvalue weighted by atomic mass is 19.1. The summed E-state index contributed by atoms with van der Waals surface area (Å²) >= 11 is 0. The highest BCUT2D eigenvalue weighted by Gasteiger charge is 2.17. The van der Waals surface area contributed by atoms with Gasteiger partial charge in [-0.25, -0.2) is 4.39 Å². The molecule has 1 aliphatic rings. The molecule has 1 heterocycles. The van der Waals surface area contributed by atoms with Crippen molar-refractivity contribution in [3.8, 4) is 5.75 Å². The van der Waals surface area contributed by atoms with Gasteiger partial charge in [-0.3, -0.25) is 4.79 Å². The minimum atomic E-state index is -0.601. The maximum Gasteiger partial charge on any atom is 0.258 e. The van der Waals surface area contributed by atoms with Crippen LogP contribution in [0, 0.1) is 5.82 Å². The molecule has 1 aliphatic heterocycles. The molecule has 2 aromatic rings. The van der Waals surface area contributed by atoms with E-state index in [9.17, 15) is 9.18 Å². The van der Waals surface area contributed by atoms with Crippen LogP contribution in [0.25, 0.3) is 0 Å². The number of anilines is 1. The number of nitrogens with one attached hydrogen (secondary N) is 2. The highest BCUT2D eigenvalue weighted by Crippen LogP contribution is 2.24. The van der Waals surface area contributed by atoms with Gasteiger partial charge in [-0.15, -0.1) is 0 Å². The van der Waals surface area contributed by atoms with Crippen molar-refractivity contribution in [3.05, 3.63) is 59.4 Å². The average molecular weight is 314 g/mol. The normalized spacial score (nSPS) is 17.0. The summed E-state index contributed by atoms with van der Waals surface area (Å²) in [5.74, 6) is -0.164. The van der Waals surface area contributed by atoms with Crippen LogP contribution in [0.3, 0.4) is 0 Å². The molecule has 0 radical (unpaired) electrons. The first kappa shape index (κ1) is 15.5. The number of halogens is 1. The lowest BCUT2D eigenvalue weighted by Gasteiger charge is -2.11. The topological polar surface area (TPSA) is 50.4 Å². The lowest BCUT2D eigenvalue weighted by atomic mass is 9.98. The Kier molecular flexibility index (Phi) is 4.57. The Hall–Kier alpha value is -2.40. The maximum atomic E-state index is 13.9. The van der Waals surface area contributed by atoms with E-state index in [2.05, 4.69) is 10.6 Å². The zero-order valence-corrected chi connectivity index (χ0v) is 12.9. The molecule has 23 heavy (non-hydrogen) atoms. The van der Waals surface area contributed by atoms with Crippen LogP contribution in [0.15, 0.2) is 42.5 Å². The van der Waals surface area contributed by atoms with Crippen LogP contribution in [0.4, 0.5) is 10.1 Å². The molecule has 120 valence electrons. The van der Waals surface area contributed by atoms with E-state index < -0.39 is 11.7 Å². The molecule has 3 rings (SSSR count).